The number of hydrogen-bond acceptors (Lipinski definition) is 5. The normalized spacial score (nSPS) is 22.6. The first-order valence-corrected chi connectivity index (χ1v) is 6.04. The van der Waals surface area contributed by atoms with Crippen LogP contribution in [0.1, 0.15) is 12.8 Å². The summed E-state index contributed by atoms with van der Waals surface area (Å²) in [5, 5.41) is 7.43. The van der Waals surface area contributed by atoms with E-state index in [0.717, 1.165) is 19.0 Å². The summed E-state index contributed by atoms with van der Waals surface area (Å²) in [6, 6.07) is 0. The minimum atomic E-state index is 0.395. The van der Waals surface area contributed by atoms with Crippen LogP contribution in [-0.2, 0) is 0 Å². The van der Waals surface area contributed by atoms with Crippen LogP contribution < -0.4 is 10.6 Å². The second-order valence-corrected chi connectivity index (χ2v) is 4.60. The number of H-pyrrole nitrogens is 1. The topological polar surface area (TPSA) is 70.8 Å². The van der Waals surface area contributed by atoms with Crippen LogP contribution in [0.3, 0.4) is 0 Å². The lowest BCUT2D eigenvalue weighted by molar-refractivity contribution is 0.581. The van der Waals surface area contributed by atoms with Gasteiger partial charge < -0.3 is 10.6 Å². The molecule has 2 rings (SSSR count). The van der Waals surface area contributed by atoms with Crippen LogP contribution in [-0.4, -0.2) is 39.8 Å². The summed E-state index contributed by atoms with van der Waals surface area (Å²) < 4.78 is 0. The number of thioether (sulfide) groups is 1. The van der Waals surface area contributed by atoms with Gasteiger partial charge in [0.2, 0.25) is 11.9 Å². The van der Waals surface area contributed by atoms with Gasteiger partial charge in [-0.05, 0) is 19.1 Å². The molecule has 1 aliphatic rings. The van der Waals surface area contributed by atoms with E-state index in [-0.39, 0.29) is 0 Å². The van der Waals surface area contributed by atoms with Crippen molar-refractivity contribution in [2.75, 3.05) is 30.0 Å². The fourth-order valence-electron chi connectivity index (χ4n) is 1.72. The molecule has 6 heteroatoms. The molecule has 78 valence electrons. The van der Waals surface area contributed by atoms with Crippen LogP contribution in [0.4, 0.5) is 11.9 Å². The maximum Gasteiger partial charge on any atom is 0.246 e. The van der Waals surface area contributed by atoms with Gasteiger partial charge in [-0.2, -0.15) is 16.7 Å². The quantitative estimate of drug-likeness (QED) is 0.757. The van der Waals surface area contributed by atoms with Crippen molar-refractivity contribution >= 4 is 23.7 Å². The number of nitrogens with one attached hydrogen (secondary N) is 1. The van der Waals surface area contributed by atoms with Gasteiger partial charge in [-0.1, -0.05) is 0 Å². The maximum absolute atomic E-state index is 5.49. The molecule has 0 amide bonds. The Morgan fingerprint density at radius 1 is 1.64 bits per heavy atom. The first-order valence-electron chi connectivity index (χ1n) is 4.75. The Hall–Kier alpha value is -0.910. The number of piperidine rings is 1. The maximum atomic E-state index is 5.49. The van der Waals surface area contributed by atoms with Gasteiger partial charge in [0, 0.05) is 18.3 Å². The summed E-state index contributed by atoms with van der Waals surface area (Å²) in [4.78, 5) is 6.32. The molecule has 1 aliphatic heterocycles. The van der Waals surface area contributed by atoms with Crippen molar-refractivity contribution in [2.45, 2.75) is 18.1 Å². The SMILES string of the molecule is CSC1CCCN(c2n[nH]c(N)n2)C1. The highest BCUT2D eigenvalue weighted by Crippen LogP contribution is 2.22. The minimum Gasteiger partial charge on any atom is -0.368 e. The fraction of sp³-hybridized carbons (Fsp3) is 0.750. The third-order valence-electron chi connectivity index (χ3n) is 2.49. The predicted octanol–water partition coefficient (Wildman–Crippen LogP) is 0.719. The molecule has 0 bridgehead atoms. The summed E-state index contributed by atoms with van der Waals surface area (Å²) in [5.41, 5.74) is 5.49. The average Bonchev–Trinajstić information content (AvgIpc) is 2.65. The Labute approximate surface area is 87.5 Å². The van der Waals surface area contributed by atoms with Crippen molar-refractivity contribution in [3.63, 3.8) is 0 Å². The Morgan fingerprint density at radius 2 is 2.50 bits per heavy atom. The number of hydrogen-bond donors (Lipinski definition) is 2. The number of nitrogens with two attached hydrogens (primary N) is 1. The molecule has 3 N–H and O–H groups in total. The van der Waals surface area contributed by atoms with E-state index < -0.39 is 0 Å². The zero-order valence-corrected chi connectivity index (χ0v) is 9.05. The van der Waals surface area contributed by atoms with E-state index in [1.807, 2.05) is 11.8 Å². The number of nitrogens with zero attached hydrogens (tertiary/aromatic N) is 3. The second-order valence-electron chi connectivity index (χ2n) is 3.47. The highest BCUT2D eigenvalue weighted by molar-refractivity contribution is 7.99. The fourth-order valence-corrected chi connectivity index (χ4v) is 2.45. The number of aromatic amines is 1. The van der Waals surface area contributed by atoms with Crippen LogP contribution in [0, 0.1) is 0 Å². The van der Waals surface area contributed by atoms with Gasteiger partial charge in [-0.3, -0.25) is 0 Å². The third kappa shape index (κ3) is 1.95. The molecule has 1 fully saturated rings. The number of aromatic nitrogens is 3. The van der Waals surface area contributed by atoms with Crippen LogP contribution in [0.2, 0.25) is 0 Å². The second kappa shape index (κ2) is 4.08. The highest BCUT2D eigenvalue weighted by Gasteiger charge is 2.21. The van der Waals surface area contributed by atoms with E-state index in [2.05, 4.69) is 26.3 Å². The lowest BCUT2D eigenvalue weighted by atomic mass is 10.1. The number of anilines is 2. The molecular weight excluding hydrogens is 198 g/mol. The van der Waals surface area contributed by atoms with Crippen molar-refractivity contribution in [3.8, 4) is 0 Å². The number of rotatable bonds is 2. The molecule has 0 aliphatic carbocycles. The Balaban J connectivity index is 2.04. The van der Waals surface area contributed by atoms with Crippen molar-refractivity contribution < 1.29 is 0 Å². The van der Waals surface area contributed by atoms with Crippen LogP contribution in [0.25, 0.3) is 0 Å². The molecule has 5 nitrogen and oxygen atoms in total. The molecule has 14 heavy (non-hydrogen) atoms. The molecule has 0 spiro atoms. The number of nitrogen functional groups attached to an aromatic ring is 1. The zero-order valence-electron chi connectivity index (χ0n) is 8.23. The monoisotopic (exact) mass is 213 g/mol. The first kappa shape index (κ1) is 9.64. The molecule has 0 aromatic carbocycles. The molecular formula is C8H15N5S. The highest BCUT2D eigenvalue weighted by atomic mass is 32.2. The van der Waals surface area contributed by atoms with E-state index in [9.17, 15) is 0 Å². The predicted molar refractivity (Wildman–Crippen MR) is 59.5 cm³/mol. The summed E-state index contributed by atoms with van der Waals surface area (Å²) in [6.07, 6.45) is 4.65. The summed E-state index contributed by atoms with van der Waals surface area (Å²) in [6.45, 7) is 2.06. The molecule has 1 saturated heterocycles. The lowest BCUT2D eigenvalue weighted by Crippen LogP contribution is -2.37. The van der Waals surface area contributed by atoms with Gasteiger partial charge in [0.25, 0.3) is 0 Å². The first-order chi connectivity index (χ1) is 6.79. The molecule has 1 atom stereocenters. The van der Waals surface area contributed by atoms with Gasteiger partial charge >= 0.3 is 0 Å². The van der Waals surface area contributed by atoms with Gasteiger partial charge in [-0.25, -0.2) is 5.10 Å². The molecule has 1 unspecified atom stereocenters. The Kier molecular flexibility index (Phi) is 2.81. The van der Waals surface area contributed by atoms with Crippen molar-refractivity contribution in [1.82, 2.24) is 15.2 Å². The molecule has 0 saturated carbocycles. The summed E-state index contributed by atoms with van der Waals surface area (Å²) in [5.74, 6) is 1.13. The Bertz CT molecular complexity index is 300. The van der Waals surface area contributed by atoms with Crippen molar-refractivity contribution in [2.24, 2.45) is 0 Å². The van der Waals surface area contributed by atoms with E-state index in [0.29, 0.717) is 11.2 Å². The van der Waals surface area contributed by atoms with Gasteiger partial charge in [0.1, 0.15) is 0 Å². The van der Waals surface area contributed by atoms with E-state index in [1.165, 1.54) is 12.8 Å². The van der Waals surface area contributed by atoms with Crippen LogP contribution in [0.5, 0.6) is 0 Å². The van der Waals surface area contributed by atoms with Crippen molar-refractivity contribution in [3.05, 3.63) is 0 Å². The van der Waals surface area contributed by atoms with Gasteiger partial charge in [-0.15, -0.1) is 5.10 Å². The zero-order chi connectivity index (χ0) is 9.97. The molecule has 2 heterocycles. The van der Waals surface area contributed by atoms with Gasteiger partial charge in [0.15, 0.2) is 0 Å². The minimum absolute atomic E-state index is 0.395. The summed E-state index contributed by atoms with van der Waals surface area (Å²) >= 11 is 1.91. The molecule has 0 radical (unpaired) electrons. The van der Waals surface area contributed by atoms with E-state index in [1.54, 1.807) is 0 Å². The Morgan fingerprint density at radius 3 is 3.14 bits per heavy atom. The summed E-state index contributed by atoms with van der Waals surface area (Å²) in [7, 11) is 0. The van der Waals surface area contributed by atoms with E-state index in [4.69, 9.17) is 5.73 Å². The van der Waals surface area contributed by atoms with Gasteiger partial charge in [0.05, 0.1) is 0 Å². The standard InChI is InChI=1S/C8H15N5S/c1-14-6-3-2-4-13(5-6)8-10-7(9)11-12-8/h6H,2-5H2,1H3,(H3,9,10,11,12). The smallest absolute Gasteiger partial charge is 0.246 e. The molecule has 1 aromatic rings. The lowest BCUT2D eigenvalue weighted by Gasteiger charge is -2.30. The third-order valence-corrected chi connectivity index (χ3v) is 3.54. The van der Waals surface area contributed by atoms with Crippen molar-refractivity contribution in [1.29, 1.82) is 0 Å². The average molecular weight is 213 g/mol. The van der Waals surface area contributed by atoms with E-state index >= 15 is 0 Å². The van der Waals surface area contributed by atoms with Crippen LogP contribution in [0.15, 0.2) is 0 Å². The largest absolute Gasteiger partial charge is 0.368 e. The molecule has 1 aromatic heterocycles. The van der Waals surface area contributed by atoms with Crippen LogP contribution >= 0.6 is 11.8 Å².